The van der Waals surface area contributed by atoms with E-state index in [9.17, 15) is 8.78 Å². The highest BCUT2D eigenvalue weighted by molar-refractivity contribution is 5.71. The first kappa shape index (κ1) is 26.2. The smallest absolute Gasteiger partial charge is 0.201 e. The number of rotatable bonds is 9. The lowest BCUT2D eigenvalue weighted by atomic mass is 9.76. The number of benzene rings is 3. The first-order valence-electron chi connectivity index (χ1n) is 13.1. The van der Waals surface area contributed by atoms with Crippen molar-refractivity contribution in [3.63, 3.8) is 0 Å². The topological polar surface area (TPSA) is 9.23 Å². The van der Waals surface area contributed by atoms with Gasteiger partial charge in [0.2, 0.25) is 5.82 Å². The Labute approximate surface area is 211 Å². The summed E-state index contributed by atoms with van der Waals surface area (Å²) >= 11 is 0. The van der Waals surface area contributed by atoms with Crippen molar-refractivity contribution in [3.05, 3.63) is 77.4 Å². The maximum atomic E-state index is 15.1. The van der Waals surface area contributed by atoms with Crippen LogP contribution in [-0.4, -0.2) is 6.61 Å². The highest BCUT2D eigenvalue weighted by Gasteiger charge is 2.26. The highest BCUT2D eigenvalue weighted by atomic mass is 19.2. The van der Waals surface area contributed by atoms with E-state index in [1.807, 2.05) is 0 Å². The van der Waals surface area contributed by atoms with Gasteiger partial charge in [-0.3, -0.25) is 0 Å². The maximum absolute atomic E-state index is 15.1. The Bertz CT molecular complexity index is 1160. The van der Waals surface area contributed by atoms with Gasteiger partial charge in [0.15, 0.2) is 23.2 Å². The van der Waals surface area contributed by atoms with Gasteiger partial charge in [0.25, 0.3) is 0 Å². The van der Waals surface area contributed by atoms with E-state index in [2.05, 4.69) is 6.92 Å². The van der Waals surface area contributed by atoms with E-state index < -0.39 is 23.3 Å². The van der Waals surface area contributed by atoms with Crippen molar-refractivity contribution in [2.24, 2.45) is 5.92 Å². The molecule has 0 radical (unpaired) electrons. The number of halogens is 4. The van der Waals surface area contributed by atoms with Crippen LogP contribution in [0.25, 0.3) is 22.3 Å². The van der Waals surface area contributed by atoms with Crippen LogP contribution in [0.15, 0.2) is 48.5 Å². The molecule has 1 saturated carbocycles. The second-order valence-corrected chi connectivity index (χ2v) is 9.79. The molecule has 1 nitrogen and oxygen atoms in total. The molecule has 3 aromatic rings. The quantitative estimate of drug-likeness (QED) is 0.211. The summed E-state index contributed by atoms with van der Waals surface area (Å²) in [7, 11) is 0. The van der Waals surface area contributed by atoms with Crippen molar-refractivity contribution >= 4 is 0 Å². The minimum Gasteiger partial charge on any atom is -0.491 e. The standard InChI is InChI=1S/C31H34F4O/c1-3-5-6-7-20-8-10-21(11-9-20)24-16-17-25(29(33)28(24)32)22-12-14-23(15-13-22)26-18-19-27(36-4-2)31(35)30(26)34/h12-21H,3-11H2,1-2H3. The summed E-state index contributed by atoms with van der Waals surface area (Å²) in [4.78, 5) is 0. The van der Waals surface area contributed by atoms with Crippen LogP contribution in [0.3, 0.4) is 0 Å². The molecule has 3 aromatic carbocycles. The second kappa shape index (κ2) is 11.9. The van der Waals surface area contributed by atoms with Crippen LogP contribution in [0.5, 0.6) is 5.75 Å². The molecule has 1 fully saturated rings. The van der Waals surface area contributed by atoms with Crippen LogP contribution in [-0.2, 0) is 0 Å². The van der Waals surface area contributed by atoms with E-state index >= 15 is 8.78 Å². The first-order chi connectivity index (χ1) is 17.4. The van der Waals surface area contributed by atoms with Crippen molar-refractivity contribution in [3.8, 4) is 28.0 Å². The SMILES string of the molecule is CCCCCC1CCC(c2ccc(-c3ccc(-c4ccc(OCC)c(F)c4F)cc3)c(F)c2F)CC1. The van der Waals surface area contributed by atoms with Crippen molar-refractivity contribution in [2.45, 2.75) is 71.1 Å². The molecule has 0 amide bonds. The van der Waals surface area contributed by atoms with Crippen molar-refractivity contribution in [1.82, 2.24) is 0 Å². The molecule has 0 atom stereocenters. The van der Waals surface area contributed by atoms with Crippen LogP contribution < -0.4 is 4.74 Å². The average Bonchev–Trinajstić information content (AvgIpc) is 2.90. The summed E-state index contributed by atoms with van der Waals surface area (Å²) in [6.07, 6.45) is 8.89. The molecule has 0 aliphatic heterocycles. The minimum atomic E-state index is -1.04. The second-order valence-electron chi connectivity index (χ2n) is 9.79. The van der Waals surface area contributed by atoms with Gasteiger partial charge < -0.3 is 4.74 Å². The maximum Gasteiger partial charge on any atom is 0.201 e. The average molecular weight is 499 g/mol. The Morgan fingerprint density at radius 2 is 1.25 bits per heavy atom. The van der Waals surface area contributed by atoms with E-state index in [1.54, 1.807) is 43.3 Å². The third-order valence-electron chi connectivity index (χ3n) is 7.47. The third-order valence-corrected chi connectivity index (χ3v) is 7.47. The molecular weight excluding hydrogens is 464 g/mol. The van der Waals surface area contributed by atoms with Crippen LogP contribution in [0.1, 0.15) is 76.7 Å². The van der Waals surface area contributed by atoms with E-state index in [0.29, 0.717) is 22.6 Å². The van der Waals surface area contributed by atoms with Crippen LogP contribution in [0.4, 0.5) is 17.6 Å². The summed E-state index contributed by atoms with van der Waals surface area (Å²) in [5, 5.41) is 0. The van der Waals surface area contributed by atoms with Gasteiger partial charge in [-0.2, -0.15) is 4.39 Å². The van der Waals surface area contributed by atoms with E-state index in [0.717, 1.165) is 25.7 Å². The Kier molecular flexibility index (Phi) is 8.71. The molecule has 1 aliphatic rings. The van der Waals surface area contributed by atoms with Gasteiger partial charge in [-0.05, 0) is 73.3 Å². The molecular formula is C31H34F4O. The molecule has 0 bridgehead atoms. The van der Waals surface area contributed by atoms with E-state index in [4.69, 9.17) is 4.74 Å². The van der Waals surface area contributed by atoms with Gasteiger partial charge in [0.1, 0.15) is 0 Å². The Morgan fingerprint density at radius 3 is 1.83 bits per heavy atom. The van der Waals surface area contributed by atoms with Crippen molar-refractivity contribution in [2.75, 3.05) is 6.61 Å². The molecule has 5 heteroatoms. The van der Waals surface area contributed by atoms with Gasteiger partial charge in [0.05, 0.1) is 6.61 Å². The fourth-order valence-corrected chi connectivity index (χ4v) is 5.40. The van der Waals surface area contributed by atoms with E-state index in [1.165, 1.54) is 37.8 Å². The Hall–Kier alpha value is -2.82. The molecule has 0 aromatic heterocycles. The Balaban J connectivity index is 1.49. The molecule has 0 N–H and O–H groups in total. The summed E-state index contributed by atoms with van der Waals surface area (Å²) in [6, 6.07) is 12.5. The summed E-state index contributed by atoms with van der Waals surface area (Å²) in [5.41, 5.74) is 1.62. The van der Waals surface area contributed by atoms with Gasteiger partial charge in [-0.15, -0.1) is 0 Å². The fraction of sp³-hybridized carbons (Fsp3) is 0.419. The molecule has 192 valence electrons. The predicted molar refractivity (Wildman–Crippen MR) is 137 cm³/mol. The molecule has 0 unspecified atom stereocenters. The minimum absolute atomic E-state index is 0.0517. The predicted octanol–water partition coefficient (Wildman–Crippen LogP) is 9.83. The van der Waals surface area contributed by atoms with Crippen molar-refractivity contribution in [1.29, 1.82) is 0 Å². The third kappa shape index (κ3) is 5.61. The molecule has 0 saturated heterocycles. The summed E-state index contributed by atoms with van der Waals surface area (Å²) in [6.45, 7) is 4.12. The molecule has 4 rings (SSSR count). The number of hydrogen-bond acceptors (Lipinski definition) is 1. The number of hydrogen-bond donors (Lipinski definition) is 0. The summed E-state index contributed by atoms with van der Waals surface area (Å²) in [5.74, 6) is -3.07. The fourth-order valence-electron chi connectivity index (χ4n) is 5.40. The number of unbranched alkanes of at least 4 members (excludes halogenated alkanes) is 2. The zero-order chi connectivity index (χ0) is 25.7. The van der Waals surface area contributed by atoms with Crippen molar-refractivity contribution < 1.29 is 22.3 Å². The number of ether oxygens (including phenoxy) is 1. The van der Waals surface area contributed by atoms with Gasteiger partial charge >= 0.3 is 0 Å². The molecule has 36 heavy (non-hydrogen) atoms. The summed E-state index contributed by atoms with van der Waals surface area (Å²) < 4.78 is 64.2. The van der Waals surface area contributed by atoms with Crippen LogP contribution in [0.2, 0.25) is 0 Å². The van der Waals surface area contributed by atoms with Gasteiger partial charge in [-0.1, -0.05) is 69.0 Å². The normalized spacial score (nSPS) is 17.8. The lowest BCUT2D eigenvalue weighted by Crippen LogP contribution is -2.15. The lowest BCUT2D eigenvalue weighted by Gasteiger charge is -2.29. The van der Waals surface area contributed by atoms with Gasteiger partial charge in [0, 0.05) is 11.1 Å². The van der Waals surface area contributed by atoms with Crippen LogP contribution in [0, 0.1) is 29.2 Å². The zero-order valence-electron chi connectivity index (χ0n) is 21.1. The Morgan fingerprint density at radius 1 is 0.667 bits per heavy atom. The van der Waals surface area contributed by atoms with Gasteiger partial charge in [-0.25, -0.2) is 13.2 Å². The molecule has 0 heterocycles. The van der Waals surface area contributed by atoms with Crippen LogP contribution >= 0.6 is 0 Å². The molecule has 0 spiro atoms. The monoisotopic (exact) mass is 498 g/mol. The zero-order valence-corrected chi connectivity index (χ0v) is 21.1. The highest BCUT2D eigenvalue weighted by Crippen LogP contribution is 2.40. The first-order valence-corrected chi connectivity index (χ1v) is 13.1. The van der Waals surface area contributed by atoms with E-state index in [-0.39, 0.29) is 29.4 Å². The molecule has 1 aliphatic carbocycles. The largest absolute Gasteiger partial charge is 0.491 e. The lowest BCUT2D eigenvalue weighted by molar-refractivity contribution is 0.298.